The van der Waals surface area contributed by atoms with Gasteiger partial charge in [0.05, 0.1) is 0 Å². The van der Waals surface area contributed by atoms with Gasteiger partial charge in [-0.3, -0.25) is 4.79 Å². The maximum absolute atomic E-state index is 10.3. The van der Waals surface area contributed by atoms with E-state index in [9.17, 15) is 4.79 Å². The van der Waals surface area contributed by atoms with Crippen LogP contribution in [0.25, 0.3) is 0 Å². The van der Waals surface area contributed by atoms with Crippen LogP contribution in [0.3, 0.4) is 0 Å². The molecule has 1 N–H and O–H groups in total. The van der Waals surface area contributed by atoms with Crippen LogP contribution < -0.4 is 5.32 Å². The Kier molecular flexibility index (Phi) is 0.855. The van der Waals surface area contributed by atoms with Crippen LogP contribution in [0.5, 0.6) is 0 Å². The molecule has 2 heteroatoms. The number of nitrogens with one attached hydrogen (secondary N) is 1. The monoisotopic (exact) mass is 97.1 g/mol. The lowest BCUT2D eigenvalue weighted by Gasteiger charge is -2.16. The fourth-order valence-corrected chi connectivity index (χ4v) is 0.496. The number of β-lactam (4-membered cyclic amide) rings is 1. The van der Waals surface area contributed by atoms with E-state index in [1.54, 1.807) is 0 Å². The molecule has 0 unspecified atom stereocenters. The van der Waals surface area contributed by atoms with Crippen LogP contribution in [-0.2, 0) is 4.79 Å². The van der Waals surface area contributed by atoms with Crippen LogP contribution in [-0.4, -0.2) is 12.5 Å². The van der Waals surface area contributed by atoms with E-state index in [2.05, 4.69) is 5.32 Å². The Labute approximate surface area is 42.2 Å². The lowest BCUT2D eigenvalue weighted by molar-refractivity contribution is -0.120. The molecule has 1 aliphatic rings. The van der Waals surface area contributed by atoms with E-state index < -0.39 is 0 Å². The predicted molar refractivity (Wildman–Crippen MR) is 26.8 cm³/mol. The van der Waals surface area contributed by atoms with Gasteiger partial charge >= 0.3 is 0 Å². The zero-order chi connectivity index (χ0) is 5.28. The molecule has 1 amide bonds. The molecule has 0 aromatic carbocycles. The number of rotatable bonds is 0. The molecular formula is C5H7NO. The Morgan fingerprint density at radius 2 is 2.57 bits per heavy atom. The minimum Gasteiger partial charge on any atom is -0.348 e. The lowest BCUT2D eigenvalue weighted by atomic mass is 10.1. The van der Waals surface area contributed by atoms with Crippen molar-refractivity contribution in [1.29, 1.82) is 0 Å². The highest BCUT2D eigenvalue weighted by molar-refractivity contribution is 5.99. The van der Waals surface area contributed by atoms with Gasteiger partial charge in [0.1, 0.15) is 0 Å². The van der Waals surface area contributed by atoms with Crippen molar-refractivity contribution in [2.45, 2.75) is 6.92 Å². The lowest BCUT2D eigenvalue weighted by Crippen LogP contribution is -2.40. The number of amides is 1. The van der Waals surface area contributed by atoms with Crippen molar-refractivity contribution in [2.24, 2.45) is 0 Å². The van der Waals surface area contributed by atoms with Crippen molar-refractivity contribution in [3.05, 3.63) is 11.6 Å². The zero-order valence-corrected chi connectivity index (χ0v) is 4.19. The van der Waals surface area contributed by atoms with Gasteiger partial charge in [-0.1, -0.05) is 6.08 Å². The van der Waals surface area contributed by atoms with E-state index in [0.717, 1.165) is 12.1 Å². The Hall–Kier alpha value is -0.790. The highest BCUT2D eigenvalue weighted by Gasteiger charge is 2.16. The molecule has 1 fully saturated rings. The summed E-state index contributed by atoms with van der Waals surface area (Å²) < 4.78 is 0. The maximum Gasteiger partial charge on any atom is 0.248 e. The molecule has 0 aromatic heterocycles. The van der Waals surface area contributed by atoms with Crippen LogP contribution in [0.4, 0.5) is 0 Å². The third-order valence-electron chi connectivity index (χ3n) is 1.08. The Bertz CT molecular complexity index is 126. The van der Waals surface area contributed by atoms with Crippen LogP contribution in [0.1, 0.15) is 6.92 Å². The number of allylic oxidation sites excluding steroid dienone is 1. The van der Waals surface area contributed by atoms with Crippen molar-refractivity contribution in [1.82, 2.24) is 5.32 Å². The van der Waals surface area contributed by atoms with Gasteiger partial charge in [-0.15, -0.1) is 0 Å². The molecule has 0 radical (unpaired) electrons. The second-order valence-corrected chi connectivity index (χ2v) is 1.50. The second-order valence-electron chi connectivity index (χ2n) is 1.50. The molecule has 38 valence electrons. The van der Waals surface area contributed by atoms with Gasteiger partial charge in [0, 0.05) is 12.1 Å². The summed E-state index contributed by atoms with van der Waals surface area (Å²) >= 11 is 0. The molecule has 1 rings (SSSR count). The predicted octanol–water partition coefficient (Wildman–Crippen LogP) is 0.0625. The van der Waals surface area contributed by atoms with Gasteiger partial charge in [0.25, 0.3) is 0 Å². The molecule has 0 spiro atoms. The average molecular weight is 97.1 g/mol. The van der Waals surface area contributed by atoms with Crippen molar-refractivity contribution < 1.29 is 4.79 Å². The van der Waals surface area contributed by atoms with Gasteiger partial charge in [-0.05, 0) is 6.92 Å². The van der Waals surface area contributed by atoms with Crippen LogP contribution in [0.15, 0.2) is 11.6 Å². The molecule has 2 nitrogen and oxygen atoms in total. The maximum atomic E-state index is 10.3. The van der Waals surface area contributed by atoms with E-state index >= 15 is 0 Å². The molecule has 0 atom stereocenters. The van der Waals surface area contributed by atoms with Crippen molar-refractivity contribution >= 4 is 5.91 Å². The quantitative estimate of drug-likeness (QED) is 0.336. The van der Waals surface area contributed by atoms with Gasteiger partial charge in [-0.25, -0.2) is 0 Å². The molecule has 1 saturated heterocycles. The van der Waals surface area contributed by atoms with Crippen molar-refractivity contribution in [3.8, 4) is 0 Å². The molecule has 0 saturated carbocycles. The van der Waals surface area contributed by atoms with E-state index in [-0.39, 0.29) is 5.91 Å². The third kappa shape index (κ3) is 0.515. The first-order valence-corrected chi connectivity index (χ1v) is 2.28. The zero-order valence-electron chi connectivity index (χ0n) is 4.19. The van der Waals surface area contributed by atoms with Crippen LogP contribution in [0.2, 0.25) is 0 Å². The first kappa shape index (κ1) is 4.37. The third-order valence-corrected chi connectivity index (χ3v) is 1.08. The molecule has 0 aliphatic carbocycles. The first-order valence-electron chi connectivity index (χ1n) is 2.28. The Morgan fingerprint density at radius 1 is 1.86 bits per heavy atom. The molecular weight excluding hydrogens is 90.1 g/mol. The van der Waals surface area contributed by atoms with Gasteiger partial charge < -0.3 is 5.32 Å². The van der Waals surface area contributed by atoms with Gasteiger partial charge in [0.15, 0.2) is 0 Å². The minimum absolute atomic E-state index is 0.0856. The van der Waals surface area contributed by atoms with E-state index in [4.69, 9.17) is 0 Å². The summed E-state index contributed by atoms with van der Waals surface area (Å²) in [6, 6.07) is 0. The molecule has 1 aliphatic heterocycles. The second kappa shape index (κ2) is 1.37. The number of carbonyl (C=O) groups is 1. The SMILES string of the molecule is CC=C1CNC1=O. The number of carbonyl (C=O) groups excluding carboxylic acids is 1. The first-order chi connectivity index (χ1) is 3.34. The molecule has 0 bridgehead atoms. The fraction of sp³-hybridized carbons (Fsp3) is 0.400. The largest absolute Gasteiger partial charge is 0.348 e. The Morgan fingerprint density at radius 3 is 2.57 bits per heavy atom. The van der Waals surface area contributed by atoms with Crippen molar-refractivity contribution in [2.75, 3.05) is 6.54 Å². The highest BCUT2D eigenvalue weighted by atomic mass is 16.2. The molecule has 0 aromatic rings. The normalized spacial score (nSPS) is 24.1. The fourth-order valence-electron chi connectivity index (χ4n) is 0.496. The topological polar surface area (TPSA) is 29.1 Å². The van der Waals surface area contributed by atoms with Gasteiger partial charge in [-0.2, -0.15) is 0 Å². The van der Waals surface area contributed by atoms with Crippen molar-refractivity contribution in [3.63, 3.8) is 0 Å². The van der Waals surface area contributed by atoms with E-state index in [0.29, 0.717) is 0 Å². The Balaban J connectivity index is 2.61. The molecule has 7 heavy (non-hydrogen) atoms. The summed E-state index contributed by atoms with van der Waals surface area (Å²) in [7, 11) is 0. The summed E-state index contributed by atoms with van der Waals surface area (Å²) in [5.41, 5.74) is 0.903. The summed E-state index contributed by atoms with van der Waals surface area (Å²) in [6.07, 6.45) is 1.83. The molecule has 1 heterocycles. The standard InChI is InChI=1S/C5H7NO/c1-2-4-3-6-5(4)7/h2H,3H2,1H3,(H,6,7). The summed E-state index contributed by atoms with van der Waals surface area (Å²) in [5, 5.41) is 2.60. The summed E-state index contributed by atoms with van der Waals surface area (Å²) in [5.74, 6) is 0.0856. The number of hydrogen-bond acceptors (Lipinski definition) is 1. The van der Waals surface area contributed by atoms with Crippen LogP contribution in [0, 0.1) is 0 Å². The minimum atomic E-state index is 0.0856. The smallest absolute Gasteiger partial charge is 0.248 e. The van der Waals surface area contributed by atoms with E-state index in [1.807, 2.05) is 13.0 Å². The highest BCUT2D eigenvalue weighted by Crippen LogP contribution is 2.00. The number of hydrogen-bond donors (Lipinski definition) is 1. The van der Waals surface area contributed by atoms with E-state index in [1.165, 1.54) is 0 Å². The van der Waals surface area contributed by atoms with Gasteiger partial charge in [0.2, 0.25) is 5.91 Å². The van der Waals surface area contributed by atoms with Crippen LogP contribution >= 0.6 is 0 Å². The average Bonchev–Trinajstić information content (AvgIpc) is 1.65. The summed E-state index contributed by atoms with van der Waals surface area (Å²) in [6.45, 7) is 2.63. The summed E-state index contributed by atoms with van der Waals surface area (Å²) in [4.78, 5) is 10.3.